The minimum atomic E-state index is -0.375. The van der Waals surface area contributed by atoms with Gasteiger partial charge in [-0.3, -0.25) is 4.79 Å². The van der Waals surface area contributed by atoms with Crippen molar-refractivity contribution >= 4 is 22.4 Å². The summed E-state index contributed by atoms with van der Waals surface area (Å²) in [6.45, 7) is 3.70. The van der Waals surface area contributed by atoms with E-state index in [1.54, 1.807) is 0 Å². The summed E-state index contributed by atoms with van der Waals surface area (Å²) in [5.41, 5.74) is 0.912. The molecule has 0 aromatic heterocycles. The van der Waals surface area contributed by atoms with Crippen molar-refractivity contribution in [3.63, 3.8) is 0 Å². The van der Waals surface area contributed by atoms with E-state index in [0.29, 0.717) is 0 Å². The molecule has 0 atom stereocenters. The number of nitrogens with one attached hydrogen (secondary N) is 2. The van der Waals surface area contributed by atoms with E-state index in [9.17, 15) is 4.79 Å². The Labute approximate surface area is 124 Å². The Hall–Kier alpha value is -2.80. The minimum absolute atomic E-state index is 0.00759. The molecule has 0 aliphatic carbocycles. The second kappa shape index (κ2) is 6.58. The van der Waals surface area contributed by atoms with Crippen molar-refractivity contribution in [2.75, 3.05) is 5.32 Å². The van der Waals surface area contributed by atoms with Crippen LogP contribution in [0.15, 0.2) is 54.2 Å². The molecular weight excluding hydrogens is 262 g/mol. The van der Waals surface area contributed by atoms with Gasteiger partial charge in [-0.1, -0.05) is 36.4 Å². The van der Waals surface area contributed by atoms with Gasteiger partial charge >= 0.3 is 0 Å². The lowest BCUT2D eigenvalue weighted by Crippen LogP contribution is -2.31. The van der Waals surface area contributed by atoms with Crippen LogP contribution in [0.5, 0.6) is 0 Å². The fraction of sp³-hybridized carbons (Fsp3) is 0.176. The molecule has 0 bridgehead atoms. The number of amides is 1. The lowest BCUT2D eigenvalue weighted by atomic mass is 10.1. The second-order valence-corrected chi connectivity index (χ2v) is 4.97. The molecule has 2 aromatic rings. The molecule has 4 heteroatoms. The second-order valence-electron chi connectivity index (χ2n) is 4.97. The molecule has 0 heterocycles. The molecule has 4 nitrogen and oxygen atoms in total. The van der Waals surface area contributed by atoms with E-state index < -0.39 is 0 Å². The summed E-state index contributed by atoms with van der Waals surface area (Å²) in [4.78, 5) is 11.8. The molecule has 2 N–H and O–H groups in total. The largest absolute Gasteiger partial charge is 0.360 e. The average Bonchev–Trinajstić information content (AvgIpc) is 2.47. The molecule has 0 aliphatic rings. The van der Waals surface area contributed by atoms with Gasteiger partial charge in [-0.2, -0.15) is 5.26 Å². The summed E-state index contributed by atoms with van der Waals surface area (Å²) in [5.74, 6) is -0.375. The topological polar surface area (TPSA) is 64.9 Å². The maximum absolute atomic E-state index is 11.8. The monoisotopic (exact) mass is 279 g/mol. The van der Waals surface area contributed by atoms with Gasteiger partial charge in [0.25, 0.3) is 5.91 Å². The summed E-state index contributed by atoms with van der Waals surface area (Å²) < 4.78 is 0. The van der Waals surface area contributed by atoms with E-state index in [1.165, 1.54) is 6.20 Å². The number of rotatable bonds is 4. The highest BCUT2D eigenvalue weighted by Gasteiger charge is 2.09. The average molecular weight is 279 g/mol. The van der Waals surface area contributed by atoms with Crippen LogP contribution in [0.2, 0.25) is 0 Å². The number of hydrogen-bond donors (Lipinski definition) is 2. The summed E-state index contributed by atoms with van der Waals surface area (Å²) in [5, 5.41) is 17.0. The molecule has 21 heavy (non-hydrogen) atoms. The van der Waals surface area contributed by atoms with Crippen molar-refractivity contribution in [1.29, 1.82) is 5.26 Å². The third kappa shape index (κ3) is 3.61. The van der Waals surface area contributed by atoms with E-state index in [-0.39, 0.29) is 17.5 Å². The minimum Gasteiger partial charge on any atom is -0.360 e. The van der Waals surface area contributed by atoms with Crippen LogP contribution >= 0.6 is 0 Å². The van der Waals surface area contributed by atoms with Gasteiger partial charge in [-0.25, -0.2) is 0 Å². The number of nitriles is 1. The molecule has 106 valence electrons. The van der Waals surface area contributed by atoms with Crippen molar-refractivity contribution in [1.82, 2.24) is 5.32 Å². The molecule has 0 radical (unpaired) electrons. The van der Waals surface area contributed by atoms with E-state index >= 15 is 0 Å². The molecule has 0 aliphatic heterocycles. The molecule has 0 fully saturated rings. The fourth-order valence-corrected chi connectivity index (χ4v) is 1.99. The van der Waals surface area contributed by atoms with E-state index in [1.807, 2.05) is 62.4 Å². The number of carbonyl (C=O) groups excluding carboxylic acids is 1. The van der Waals surface area contributed by atoms with E-state index in [4.69, 9.17) is 5.26 Å². The zero-order chi connectivity index (χ0) is 15.2. The maximum atomic E-state index is 11.8. The quantitative estimate of drug-likeness (QED) is 0.667. The Morgan fingerprint density at radius 3 is 2.62 bits per heavy atom. The molecule has 0 unspecified atom stereocenters. The number of benzene rings is 2. The van der Waals surface area contributed by atoms with Crippen molar-refractivity contribution in [3.8, 4) is 6.07 Å². The zero-order valence-electron chi connectivity index (χ0n) is 12.1. The Balaban J connectivity index is 2.25. The Bertz CT molecular complexity index is 721. The lowest BCUT2D eigenvalue weighted by molar-refractivity contribution is -0.117. The maximum Gasteiger partial charge on any atom is 0.263 e. The number of anilines is 1. The predicted octanol–water partition coefficient (Wildman–Crippen LogP) is 3.18. The smallest absolute Gasteiger partial charge is 0.263 e. The van der Waals surface area contributed by atoms with Gasteiger partial charge in [0.05, 0.1) is 0 Å². The van der Waals surface area contributed by atoms with Crippen LogP contribution in [0.3, 0.4) is 0 Å². The lowest BCUT2D eigenvalue weighted by Gasteiger charge is -2.09. The van der Waals surface area contributed by atoms with E-state index in [0.717, 1.165) is 16.5 Å². The van der Waals surface area contributed by atoms with Gasteiger partial charge in [-0.05, 0) is 25.3 Å². The molecule has 0 saturated heterocycles. The number of hydrogen-bond acceptors (Lipinski definition) is 3. The third-order valence-electron chi connectivity index (χ3n) is 2.95. The SMILES string of the molecule is CC(C)NC(=O)/C(C#N)=C\Nc1cccc2ccccc12. The predicted molar refractivity (Wildman–Crippen MR) is 84.5 cm³/mol. The first kappa shape index (κ1) is 14.6. The normalized spacial score (nSPS) is 11.2. The van der Waals surface area contributed by atoms with Crippen LogP contribution in [0.4, 0.5) is 5.69 Å². The van der Waals surface area contributed by atoms with E-state index in [2.05, 4.69) is 10.6 Å². The van der Waals surface area contributed by atoms with Gasteiger partial charge in [0.2, 0.25) is 0 Å². The number of carbonyl (C=O) groups is 1. The van der Waals surface area contributed by atoms with Crippen LogP contribution in [0.1, 0.15) is 13.8 Å². The van der Waals surface area contributed by atoms with Gasteiger partial charge in [-0.15, -0.1) is 0 Å². The van der Waals surface area contributed by atoms with Gasteiger partial charge < -0.3 is 10.6 Å². The van der Waals surface area contributed by atoms with Crippen LogP contribution < -0.4 is 10.6 Å². The highest BCUT2D eigenvalue weighted by molar-refractivity contribution is 5.99. The zero-order valence-corrected chi connectivity index (χ0v) is 12.1. The molecule has 0 spiro atoms. The van der Waals surface area contributed by atoms with Crippen LogP contribution in [-0.2, 0) is 4.79 Å². The molecule has 1 amide bonds. The fourth-order valence-electron chi connectivity index (χ4n) is 1.99. The first-order chi connectivity index (χ1) is 10.1. The van der Waals surface area contributed by atoms with Crippen LogP contribution in [-0.4, -0.2) is 11.9 Å². The highest BCUT2D eigenvalue weighted by Crippen LogP contribution is 2.23. The van der Waals surface area contributed by atoms with Crippen molar-refractivity contribution < 1.29 is 4.79 Å². The van der Waals surface area contributed by atoms with Crippen molar-refractivity contribution in [2.45, 2.75) is 19.9 Å². The van der Waals surface area contributed by atoms with Crippen LogP contribution in [0, 0.1) is 11.3 Å². The van der Waals surface area contributed by atoms with Gasteiger partial charge in [0, 0.05) is 23.3 Å². The summed E-state index contributed by atoms with van der Waals surface area (Å²) in [6.07, 6.45) is 1.44. The Morgan fingerprint density at radius 1 is 1.19 bits per heavy atom. The van der Waals surface area contributed by atoms with Gasteiger partial charge in [0.1, 0.15) is 11.6 Å². The first-order valence-corrected chi connectivity index (χ1v) is 6.77. The van der Waals surface area contributed by atoms with Crippen molar-refractivity contribution in [2.24, 2.45) is 0 Å². The summed E-state index contributed by atoms with van der Waals surface area (Å²) in [6, 6.07) is 15.7. The Morgan fingerprint density at radius 2 is 1.90 bits per heavy atom. The standard InChI is InChI=1S/C17H17N3O/c1-12(2)20-17(21)14(10-18)11-19-16-9-5-7-13-6-3-4-8-15(13)16/h3-9,11-12,19H,1-2H3,(H,20,21)/b14-11-. The molecule has 2 rings (SSSR count). The first-order valence-electron chi connectivity index (χ1n) is 6.77. The van der Waals surface area contributed by atoms with Gasteiger partial charge in [0.15, 0.2) is 0 Å². The molecular formula is C17H17N3O. The molecule has 0 saturated carbocycles. The summed E-state index contributed by atoms with van der Waals surface area (Å²) in [7, 11) is 0. The summed E-state index contributed by atoms with van der Waals surface area (Å²) >= 11 is 0. The number of fused-ring (bicyclic) bond motifs is 1. The number of nitrogens with zero attached hydrogens (tertiary/aromatic N) is 1. The van der Waals surface area contributed by atoms with Crippen molar-refractivity contribution in [3.05, 3.63) is 54.2 Å². The highest BCUT2D eigenvalue weighted by atomic mass is 16.1. The Kier molecular flexibility index (Phi) is 4.57. The molecule has 2 aromatic carbocycles. The van der Waals surface area contributed by atoms with Crippen LogP contribution in [0.25, 0.3) is 10.8 Å². The third-order valence-corrected chi connectivity index (χ3v) is 2.95.